The molecule has 4 heteroatoms. The molecule has 2 rings (SSSR count). The van der Waals surface area contributed by atoms with Crippen molar-refractivity contribution in [1.82, 2.24) is 10.6 Å². The Morgan fingerprint density at radius 2 is 2.33 bits per heavy atom. The zero-order valence-corrected chi connectivity index (χ0v) is 10.6. The van der Waals surface area contributed by atoms with Gasteiger partial charge in [0.1, 0.15) is 5.82 Å². The first-order valence-electron chi connectivity index (χ1n) is 6.45. The summed E-state index contributed by atoms with van der Waals surface area (Å²) in [4.78, 5) is 11.9. The number of piperidine rings is 1. The van der Waals surface area contributed by atoms with Crippen LogP contribution in [0.5, 0.6) is 0 Å². The van der Waals surface area contributed by atoms with Gasteiger partial charge < -0.3 is 10.6 Å². The Hall–Kier alpha value is -1.42. The van der Waals surface area contributed by atoms with Gasteiger partial charge in [-0.3, -0.25) is 4.79 Å². The van der Waals surface area contributed by atoms with Crippen molar-refractivity contribution in [3.8, 4) is 0 Å². The standard InChI is InChI=1S/C14H19FN2O/c1-10-5-4-7-12(13(10)15)14(18)17-9-11-6-2-3-8-16-11/h4-5,7,11,16H,2-3,6,8-9H2,1H3,(H,17,18). The molecule has 1 aliphatic rings. The Bertz CT molecular complexity index is 428. The first-order valence-corrected chi connectivity index (χ1v) is 6.45. The van der Waals surface area contributed by atoms with Crippen LogP contribution in [-0.4, -0.2) is 25.0 Å². The minimum atomic E-state index is -0.424. The number of aryl methyl sites for hydroxylation is 1. The van der Waals surface area contributed by atoms with Gasteiger partial charge in [-0.05, 0) is 37.9 Å². The summed E-state index contributed by atoms with van der Waals surface area (Å²) in [6, 6.07) is 5.20. The number of nitrogens with one attached hydrogen (secondary N) is 2. The second-order valence-corrected chi connectivity index (χ2v) is 4.79. The van der Waals surface area contributed by atoms with E-state index in [1.165, 1.54) is 18.9 Å². The van der Waals surface area contributed by atoms with Crippen LogP contribution < -0.4 is 10.6 Å². The van der Waals surface area contributed by atoms with Crippen molar-refractivity contribution >= 4 is 5.91 Å². The largest absolute Gasteiger partial charge is 0.350 e. The quantitative estimate of drug-likeness (QED) is 0.861. The van der Waals surface area contributed by atoms with Gasteiger partial charge >= 0.3 is 0 Å². The van der Waals surface area contributed by atoms with E-state index in [1.54, 1.807) is 19.1 Å². The van der Waals surface area contributed by atoms with Crippen LogP contribution in [0, 0.1) is 12.7 Å². The molecular formula is C14H19FN2O. The monoisotopic (exact) mass is 250 g/mol. The van der Waals surface area contributed by atoms with E-state index in [0.717, 1.165) is 13.0 Å². The van der Waals surface area contributed by atoms with Gasteiger partial charge in [-0.1, -0.05) is 18.6 Å². The third-order valence-electron chi connectivity index (χ3n) is 3.36. The number of hydrogen-bond acceptors (Lipinski definition) is 2. The number of benzene rings is 1. The van der Waals surface area contributed by atoms with Crippen LogP contribution >= 0.6 is 0 Å². The number of rotatable bonds is 3. The lowest BCUT2D eigenvalue weighted by Crippen LogP contribution is -2.43. The molecule has 1 unspecified atom stereocenters. The summed E-state index contributed by atoms with van der Waals surface area (Å²) >= 11 is 0. The fraction of sp³-hybridized carbons (Fsp3) is 0.500. The minimum absolute atomic E-state index is 0.130. The average Bonchev–Trinajstić information content (AvgIpc) is 2.40. The number of carbonyl (C=O) groups is 1. The fourth-order valence-corrected chi connectivity index (χ4v) is 2.23. The molecule has 1 fully saturated rings. The number of hydrogen-bond donors (Lipinski definition) is 2. The Morgan fingerprint density at radius 1 is 1.50 bits per heavy atom. The number of amides is 1. The summed E-state index contributed by atoms with van der Waals surface area (Å²) in [5.41, 5.74) is 0.629. The van der Waals surface area contributed by atoms with Gasteiger partial charge in [0.2, 0.25) is 0 Å². The molecule has 1 aromatic carbocycles. The van der Waals surface area contributed by atoms with Crippen LogP contribution in [0.3, 0.4) is 0 Å². The lowest BCUT2D eigenvalue weighted by Gasteiger charge is -2.23. The van der Waals surface area contributed by atoms with Gasteiger partial charge in [-0.25, -0.2) is 4.39 Å². The van der Waals surface area contributed by atoms with Crippen LogP contribution in [0.15, 0.2) is 18.2 Å². The highest BCUT2D eigenvalue weighted by molar-refractivity contribution is 5.94. The molecule has 1 aliphatic heterocycles. The van der Waals surface area contributed by atoms with Gasteiger partial charge in [-0.15, -0.1) is 0 Å². The third-order valence-corrected chi connectivity index (χ3v) is 3.36. The predicted molar refractivity (Wildman–Crippen MR) is 69.1 cm³/mol. The Morgan fingerprint density at radius 3 is 3.06 bits per heavy atom. The molecule has 1 atom stereocenters. The fourth-order valence-electron chi connectivity index (χ4n) is 2.23. The topological polar surface area (TPSA) is 41.1 Å². The van der Waals surface area contributed by atoms with Crippen LogP contribution in [0.2, 0.25) is 0 Å². The highest BCUT2D eigenvalue weighted by Gasteiger charge is 2.16. The molecule has 0 aliphatic carbocycles. The van der Waals surface area contributed by atoms with E-state index in [-0.39, 0.29) is 11.5 Å². The zero-order chi connectivity index (χ0) is 13.0. The molecular weight excluding hydrogens is 231 g/mol. The molecule has 1 heterocycles. The van der Waals surface area contributed by atoms with Crippen LogP contribution in [0.4, 0.5) is 4.39 Å². The first kappa shape index (κ1) is 13.0. The smallest absolute Gasteiger partial charge is 0.254 e. The predicted octanol–water partition coefficient (Wildman–Crippen LogP) is 2.01. The average molecular weight is 250 g/mol. The SMILES string of the molecule is Cc1cccc(C(=O)NCC2CCCCN2)c1F. The summed E-state index contributed by atoms with van der Waals surface area (Å²) < 4.78 is 13.7. The van der Waals surface area contributed by atoms with E-state index in [2.05, 4.69) is 10.6 Å². The maximum Gasteiger partial charge on any atom is 0.254 e. The van der Waals surface area contributed by atoms with E-state index < -0.39 is 5.82 Å². The van der Waals surface area contributed by atoms with Crippen LogP contribution in [0.1, 0.15) is 35.2 Å². The Balaban J connectivity index is 1.93. The van der Waals surface area contributed by atoms with Crippen molar-refractivity contribution < 1.29 is 9.18 Å². The normalized spacial score (nSPS) is 19.6. The molecule has 0 saturated carbocycles. The summed E-state index contributed by atoms with van der Waals surface area (Å²) in [6.45, 7) is 3.22. The van der Waals surface area contributed by atoms with Gasteiger partial charge in [0.25, 0.3) is 5.91 Å². The van der Waals surface area contributed by atoms with Crippen molar-refractivity contribution in [3.05, 3.63) is 35.1 Å². The zero-order valence-electron chi connectivity index (χ0n) is 10.6. The summed E-state index contributed by atoms with van der Waals surface area (Å²) in [6.07, 6.45) is 3.44. The molecule has 2 N–H and O–H groups in total. The molecule has 0 radical (unpaired) electrons. The molecule has 0 spiro atoms. The lowest BCUT2D eigenvalue weighted by molar-refractivity contribution is 0.0943. The van der Waals surface area contributed by atoms with E-state index >= 15 is 0 Å². The summed E-state index contributed by atoms with van der Waals surface area (Å²) in [7, 11) is 0. The molecule has 3 nitrogen and oxygen atoms in total. The number of halogens is 1. The van der Waals surface area contributed by atoms with Crippen molar-refractivity contribution in [2.45, 2.75) is 32.2 Å². The van der Waals surface area contributed by atoms with Crippen LogP contribution in [0.25, 0.3) is 0 Å². The minimum Gasteiger partial charge on any atom is -0.350 e. The molecule has 0 bridgehead atoms. The van der Waals surface area contributed by atoms with Gasteiger partial charge in [0, 0.05) is 12.6 Å². The van der Waals surface area contributed by atoms with Gasteiger partial charge in [-0.2, -0.15) is 0 Å². The van der Waals surface area contributed by atoms with Crippen molar-refractivity contribution in [3.63, 3.8) is 0 Å². The Labute approximate surface area is 107 Å². The number of carbonyl (C=O) groups excluding carboxylic acids is 1. The van der Waals surface area contributed by atoms with Crippen molar-refractivity contribution in [2.24, 2.45) is 0 Å². The van der Waals surface area contributed by atoms with E-state index in [0.29, 0.717) is 18.2 Å². The summed E-state index contributed by atoms with van der Waals surface area (Å²) in [5.74, 6) is -0.754. The first-order chi connectivity index (χ1) is 8.68. The van der Waals surface area contributed by atoms with E-state index in [9.17, 15) is 9.18 Å². The van der Waals surface area contributed by atoms with E-state index in [1.807, 2.05) is 0 Å². The molecule has 0 aromatic heterocycles. The molecule has 1 saturated heterocycles. The van der Waals surface area contributed by atoms with Crippen molar-refractivity contribution in [1.29, 1.82) is 0 Å². The lowest BCUT2D eigenvalue weighted by atomic mass is 10.0. The van der Waals surface area contributed by atoms with Crippen LogP contribution in [-0.2, 0) is 0 Å². The molecule has 98 valence electrons. The highest BCUT2D eigenvalue weighted by Crippen LogP contribution is 2.12. The highest BCUT2D eigenvalue weighted by atomic mass is 19.1. The van der Waals surface area contributed by atoms with Gasteiger partial charge in [0.05, 0.1) is 5.56 Å². The third kappa shape index (κ3) is 3.07. The van der Waals surface area contributed by atoms with Gasteiger partial charge in [0.15, 0.2) is 0 Å². The molecule has 1 aromatic rings. The summed E-state index contributed by atoms with van der Waals surface area (Å²) in [5, 5.41) is 6.14. The molecule has 18 heavy (non-hydrogen) atoms. The maximum atomic E-state index is 13.7. The van der Waals surface area contributed by atoms with Crippen molar-refractivity contribution in [2.75, 3.05) is 13.1 Å². The Kier molecular flexibility index (Phi) is 4.31. The molecule has 1 amide bonds. The maximum absolute atomic E-state index is 13.7. The van der Waals surface area contributed by atoms with E-state index in [4.69, 9.17) is 0 Å². The second-order valence-electron chi connectivity index (χ2n) is 4.79. The second kappa shape index (κ2) is 5.96.